The molecule has 19 heavy (non-hydrogen) atoms. The second kappa shape index (κ2) is 9.66. The minimum absolute atomic E-state index is 0.377. The summed E-state index contributed by atoms with van der Waals surface area (Å²) in [5.74, 6) is 2.14. The summed E-state index contributed by atoms with van der Waals surface area (Å²) in [6, 6.07) is 0.377. The molecule has 6 nitrogen and oxygen atoms in total. The Bertz CT molecular complexity index is 338. The van der Waals surface area contributed by atoms with Gasteiger partial charge in [-0.25, -0.2) is 0 Å². The van der Waals surface area contributed by atoms with Crippen LogP contribution in [-0.4, -0.2) is 46.7 Å². The first-order valence-corrected chi connectivity index (χ1v) is 8.05. The van der Waals surface area contributed by atoms with Crippen molar-refractivity contribution in [1.82, 2.24) is 15.0 Å². The van der Waals surface area contributed by atoms with E-state index in [1.54, 1.807) is 11.8 Å². The first-order valence-electron chi connectivity index (χ1n) is 6.65. The monoisotopic (exact) mass is 285 g/mol. The van der Waals surface area contributed by atoms with Crippen molar-refractivity contribution in [3.8, 4) is 6.01 Å². The summed E-state index contributed by atoms with van der Waals surface area (Å²) < 4.78 is 5.48. The summed E-state index contributed by atoms with van der Waals surface area (Å²) in [5, 5.41) is 6.33. The number of ether oxygens (including phenoxy) is 1. The fourth-order valence-electron chi connectivity index (χ4n) is 1.27. The Morgan fingerprint density at radius 1 is 1.00 bits per heavy atom. The van der Waals surface area contributed by atoms with Crippen LogP contribution in [0.15, 0.2) is 0 Å². The van der Waals surface area contributed by atoms with Crippen LogP contribution in [-0.2, 0) is 0 Å². The van der Waals surface area contributed by atoms with Crippen molar-refractivity contribution in [2.45, 2.75) is 26.7 Å². The van der Waals surface area contributed by atoms with Crippen LogP contribution in [0.3, 0.4) is 0 Å². The van der Waals surface area contributed by atoms with Crippen molar-refractivity contribution in [3.05, 3.63) is 0 Å². The summed E-state index contributed by atoms with van der Waals surface area (Å²) in [6.45, 7) is 6.42. The van der Waals surface area contributed by atoms with E-state index in [1.807, 2.05) is 0 Å². The van der Waals surface area contributed by atoms with Crippen molar-refractivity contribution in [3.63, 3.8) is 0 Å². The van der Waals surface area contributed by atoms with E-state index in [0.717, 1.165) is 31.7 Å². The average Bonchev–Trinajstić information content (AvgIpc) is 2.43. The van der Waals surface area contributed by atoms with E-state index in [4.69, 9.17) is 4.74 Å². The largest absolute Gasteiger partial charge is 0.463 e. The molecule has 0 radical (unpaired) electrons. The number of nitrogens with one attached hydrogen (secondary N) is 2. The molecule has 0 atom stereocenters. The maximum atomic E-state index is 5.48. The molecular formula is C12H23N5OS. The molecule has 0 bridgehead atoms. The lowest BCUT2D eigenvalue weighted by Gasteiger charge is -2.09. The molecule has 0 unspecified atom stereocenters. The Morgan fingerprint density at radius 2 is 1.68 bits per heavy atom. The molecule has 0 aromatic carbocycles. The van der Waals surface area contributed by atoms with Gasteiger partial charge >= 0.3 is 6.01 Å². The fourth-order valence-corrected chi connectivity index (χ4v) is 1.58. The molecule has 1 aromatic heterocycles. The lowest BCUT2D eigenvalue weighted by molar-refractivity contribution is 0.292. The second-order valence-electron chi connectivity index (χ2n) is 3.96. The molecule has 0 aliphatic heterocycles. The molecule has 108 valence electrons. The first-order chi connectivity index (χ1) is 9.30. The minimum atomic E-state index is 0.377. The summed E-state index contributed by atoms with van der Waals surface area (Å²) >= 11 is 1.78. The summed E-state index contributed by atoms with van der Waals surface area (Å²) in [4.78, 5) is 12.8. The Balaban J connectivity index is 2.70. The zero-order chi connectivity index (χ0) is 13.9. The Labute approximate surface area is 119 Å². The topological polar surface area (TPSA) is 72.0 Å². The summed E-state index contributed by atoms with van der Waals surface area (Å²) in [5.41, 5.74) is 0. The van der Waals surface area contributed by atoms with Crippen molar-refractivity contribution in [2.75, 3.05) is 42.3 Å². The number of thioether (sulfide) groups is 1. The van der Waals surface area contributed by atoms with Gasteiger partial charge in [0.05, 0.1) is 6.61 Å². The van der Waals surface area contributed by atoms with Gasteiger partial charge in [0.2, 0.25) is 11.9 Å². The van der Waals surface area contributed by atoms with Gasteiger partial charge in [0.15, 0.2) is 0 Å². The number of aromatic nitrogens is 3. The molecule has 0 saturated carbocycles. The van der Waals surface area contributed by atoms with Crippen LogP contribution in [0.25, 0.3) is 0 Å². The highest BCUT2D eigenvalue weighted by molar-refractivity contribution is 7.98. The van der Waals surface area contributed by atoms with E-state index in [9.17, 15) is 0 Å². The SMILES string of the molecule is CCCNc1nc(NCCSC)nc(OCCC)n1. The number of nitrogens with zero attached hydrogens (tertiary/aromatic N) is 3. The van der Waals surface area contributed by atoms with Crippen LogP contribution in [0.1, 0.15) is 26.7 Å². The van der Waals surface area contributed by atoms with E-state index in [0.29, 0.717) is 24.5 Å². The highest BCUT2D eigenvalue weighted by Gasteiger charge is 2.06. The molecule has 0 amide bonds. The van der Waals surface area contributed by atoms with Crippen LogP contribution in [0.2, 0.25) is 0 Å². The molecule has 0 fully saturated rings. The molecule has 1 aromatic rings. The molecule has 0 aliphatic rings. The standard InChI is InChI=1S/C12H23N5OS/c1-4-6-13-10-15-11(14-7-9-19-3)17-12(16-10)18-8-5-2/h4-9H2,1-3H3,(H2,13,14,15,16,17). The van der Waals surface area contributed by atoms with E-state index >= 15 is 0 Å². The van der Waals surface area contributed by atoms with Crippen LogP contribution in [0, 0.1) is 0 Å². The van der Waals surface area contributed by atoms with E-state index < -0.39 is 0 Å². The van der Waals surface area contributed by atoms with Crippen LogP contribution < -0.4 is 15.4 Å². The summed E-state index contributed by atoms with van der Waals surface area (Å²) in [7, 11) is 0. The van der Waals surface area contributed by atoms with Crippen molar-refractivity contribution >= 4 is 23.7 Å². The normalized spacial score (nSPS) is 10.3. The molecule has 1 rings (SSSR count). The van der Waals surface area contributed by atoms with Crippen molar-refractivity contribution < 1.29 is 4.74 Å². The van der Waals surface area contributed by atoms with Gasteiger partial charge in [0.1, 0.15) is 0 Å². The smallest absolute Gasteiger partial charge is 0.323 e. The number of rotatable bonds is 10. The zero-order valence-corrected chi connectivity index (χ0v) is 12.7. The van der Waals surface area contributed by atoms with Crippen molar-refractivity contribution in [1.29, 1.82) is 0 Å². The zero-order valence-electron chi connectivity index (χ0n) is 11.9. The van der Waals surface area contributed by atoms with Gasteiger partial charge in [-0.2, -0.15) is 26.7 Å². The maximum absolute atomic E-state index is 5.48. The molecule has 0 aliphatic carbocycles. The molecule has 0 spiro atoms. The molecule has 7 heteroatoms. The van der Waals surface area contributed by atoms with Gasteiger partial charge in [-0.15, -0.1) is 0 Å². The van der Waals surface area contributed by atoms with E-state index in [-0.39, 0.29) is 0 Å². The summed E-state index contributed by atoms with van der Waals surface area (Å²) in [6.07, 6.45) is 4.02. The lowest BCUT2D eigenvalue weighted by Crippen LogP contribution is -2.13. The van der Waals surface area contributed by atoms with E-state index in [1.165, 1.54) is 0 Å². The van der Waals surface area contributed by atoms with E-state index in [2.05, 4.69) is 45.7 Å². The van der Waals surface area contributed by atoms with Crippen LogP contribution >= 0.6 is 11.8 Å². The third kappa shape index (κ3) is 6.47. The average molecular weight is 285 g/mol. The number of hydrogen-bond acceptors (Lipinski definition) is 7. The quantitative estimate of drug-likeness (QED) is 0.639. The Morgan fingerprint density at radius 3 is 2.26 bits per heavy atom. The maximum Gasteiger partial charge on any atom is 0.323 e. The van der Waals surface area contributed by atoms with Gasteiger partial charge in [-0.3, -0.25) is 0 Å². The van der Waals surface area contributed by atoms with Gasteiger partial charge < -0.3 is 15.4 Å². The third-order valence-corrected chi connectivity index (χ3v) is 2.78. The first kappa shape index (κ1) is 15.8. The third-order valence-electron chi connectivity index (χ3n) is 2.17. The highest BCUT2D eigenvalue weighted by Crippen LogP contribution is 2.11. The molecule has 2 N–H and O–H groups in total. The Kier molecular flexibility index (Phi) is 8.04. The van der Waals surface area contributed by atoms with Crippen LogP contribution in [0.4, 0.5) is 11.9 Å². The van der Waals surface area contributed by atoms with Crippen LogP contribution in [0.5, 0.6) is 6.01 Å². The second-order valence-corrected chi connectivity index (χ2v) is 4.95. The van der Waals surface area contributed by atoms with Gasteiger partial charge in [-0.1, -0.05) is 13.8 Å². The number of hydrogen-bond donors (Lipinski definition) is 2. The highest BCUT2D eigenvalue weighted by atomic mass is 32.2. The molecular weight excluding hydrogens is 262 g/mol. The minimum Gasteiger partial charge on any atom is -0.463 e. The number of anilines is 2. The van der Waals surface area contributed by atoms with Crippen molar-refractivity contribution in [2.24, 2.45) is 0 Å². The lowest BCUT2D eigenvalue weighted by atomic mass is 10.5. The van der Waals surface area contributed by atoms with Gasteiger partial charge in [-0.05, 0) is 19.1 Å². The Hall–Kier alpha value is -1.24. The fraction of sp³-hybridized carbons (Fsp3) is 0.750. The molecule has 1 heterocycles. The van der Waals surface area contributed by atoms with Gasteiger partial charge in [0, 0.05) is 18.8 Å². The predicted octanol–water partition coefficient (Wildman–Crippen LogP) is 2.26. The van der Waals surface area contributed by atoms with Gasteiger partial charge in [0.25, 0.3) is 0 Å². The predicted molar refractivity (Wildman–Crippen MR) is 81.3 cm³/mol. The molecule has 0 saturated heterocycles.